The molecule has 94 valence electrons. The van der Waals surface area contributed by atoms with Gasteiger partial charge in [0.05, 0.1) is 0 Å². The molecular formula is C13H20N2O2. The molecule has 4 heteroatoms. The molecule has 0 amide bonds. The van der Waals surface area contributed by atoms with Crippen LogP contribution in [0.2, 0.25) is 0 Å². The van der Waals surface area contributed by atoms with Crippen molar-refractivity contribution in [2.75, 3.05) is 0 Å². The van der Waals surface area contributed by atoms with E-state index < -0.39 is 0 Å². The smallest absolute Gasteiger partial charge is 0.301 e. The number of rotatable bonds is 3. The van der Waals surface area contributed by atoms with Crippen LogP contribution in [-0.4, -0.2) is 9.13 Å². The van der Waals surface area contributed by atoms with E-state index in [1.807, 2.05) is 6.92 Å². The summed E-state index contributed by atoms with van der Waals surface area (Å²) in [4.78, 5) is 23.8. The highest BCUT2D eigenvalue weighted by molar-refractivity contribution is 4.87. The normalized spacial score (nSPS) is 17.2. The molecule has 4 nitrogen and oxygen atoms in total. The van der Waals surface area contributed by atoms with E-state index in [2.05, 4.69) is 0 Å². The van der Waals surface area contributed by atoms with Crippen molar-refractivity contribution in [1.29, 1.82) is 0 Å². The number of nitrogens with zero attached hydrogens (tertiary/aromatic N) is 2. The van der Waals surface area contributed by atoms with E-state index in [1.54, 1.807) is 10.8 Å². The summed E-state index contributed by atoms with van der Waals surface area (Å²) in [5.74, 6) is 0.502. The molecular weight excluding hydrogens is 216 g/mol. The summed E-state index contributed by atoms with van der Waals surface area (Å²) in [7, 11) is 0. The van der Waals surface area contributed by atoms with Crippen molar-refractivity contribution in [2.24, 2.45) is 5.92 Å². The Morgan fingerprint density at radius 2 is 1.94 bits per heavy atom. The molecule has 17 heavy (non-hydrogen) atoms. The van der Waals surface area contributed by atoms with Gasteiger partial charge in [-0.05, 0) is 25.7 Å². The molecule has 0 spiro atoms. The minimum absolute atomic E-state index is 0.162. The van der Waals surface area contributed by atoms with Gasteiger partial charge >= 0.3 is 5.69 Å². The second-order valence-electron chi connectivity index (χ2n) is 4.84. The van der Waals surface area contributed by atoms with E-state index in [4.69, 9.17) is 0 Å². The maximum absolute atomic E-state index is 12.0. The molecule has 2 rings (SSSR count). The number of aromatic nitrogens is 2. The number of hydrogen-bond donors (Lipinski definition) is 0. The summed E-state index contributed by atoms with van der Waals surface area (Å²) in [6.45, 7) is 3.12. The lowest BCUT2D eigenvalue weighted by atomic mass is 9.89. The van der Waals surface area contributed by atoms with Crippen LogP contribution in [0.3, 0.4) is 0 Å². The molecule has 0 aliphatic heterocycles. The summed E-state index contributed by atoms with van der Waals surface area (Å²) in [6, 6.07) is 1.49. The minimum Gasteiger partial charge on any atom is -0.301 e. The van der Waals surface area contributed by atoms with Gasteiger partial charge in [-0.1, -0.05) is 19.3 Å². The van der Waals surface area contributed by atoms with Gasteiger partial charge in [-0.2, -0.15) is 0 Å². The largest absolute Gasteiger partial charge is 0.330 e. The van der Waals surface area contributed by atoms with Gasteiger partial charge in [0.1, 0.15) is 0 Å². The Morgan fingerprint density at radius 1 is 1.24 bits per heavy atom. The van der Waals surface area contributed by atoms with Crippen molar-refractivity contribution in [1.82, 2.24) is 9.13 Å². The molecule has 1 aliphatic carbocycles. The van der Waals surface area contributed by atoms with E-state index in [1.165, 1.54) is 29.9 Å². The molecule has 0 saturated heterocycles. The highest BCUT2D eigenvalue weighted by Crippen LogP contribution is 2.24. The lowest BCUT2D eigenvalue weighted by Gasteiger charge is -2.22. The van der Waals surface area contributed by atoms with E-state index in [0.29, 0.717) is 19.0 Å². The third-order valence-electron chi connectivity index (χ3n) is 3.65. The fourth-order valence-corrected chi connectivity index (χ4v) is 2.59. The summed E-state index contributed by atoms with van der Waals surface area (Å²) in [6.07, 6.45) is 7.63. The first-order chi connectivity index (χ1) is 8.22. The van der Waals surface area contributed by atoms with Crippen LogP contribution in [0.1, 0.15) is 39.0 Å². The monoisotopic (exact) mass is 236 g/mol. The maximum Gasteiger partial charge on any atom is 0.330 e. The zero-order chi connectivity index (χ0) is 12.3. The molecule has 1 heterocycles. The minimum atomic E-state index is -0.162. The zero-order valence-corrected chi connectivity index (χ0v) is 10.4. The Hall–Kier alpha value is -1.32. The van der Waals surface area contributed by atoms with Crippen LogP contribution in [0.15, 0.2) is 21.9 Å². The summed E-state index contributed by atoms with van der Waals surface area (Å²) in [5.41, 5.74) is -0.323. The standard InChI is InChI=1S/C13H20N2O2/c1-2-14-9-8-12(16)15(13(14)17)10-11-6-4-3-5-7-11/h8-9,11H,2-7,10H2,1H3. The fraction of sp³-hybridized carbons (Fsp3) is 0.692. The summed E-state index contributed by atoms with van der Waals surface area (Å²) >= 11 is 0. The van der Waals surface area contributed by atoms with Crippen LogP contribution in [0.25, 0.3) is 0 Å². The fourth-order valence-electron chi connectivity index (χ4n) is 2.59. The molecule has 1 saturated carbocycles. The van der Waals surface area contributed by atoms with Crippen LogP contribution in [0, 0.1) is 5.92 Å². The molecule has 0 unspecified atom stereocenters. The van der Waals surface area contributed by atoms with Crippen molar-refractivity contribution in [3.8, 4) is 0 Å². The van der Waals surface area contributed by atoms with Crippen LogP contribution in [0.5, 0.6) is 0 Å². The molecule has 0 bridgehead atoms. The van der Waals surface area contributed by atoms with Crippen molar-refractivity contribution in [2.45, 2.75) is 52.1 Å². The highest BCUT2D eigenvalue weighted by Gasteiger charge is 2.16. The van der Waals surface area contributed by atoms with Crippen molar-refractivity contribution in [3.05, 3.63) is 33.1 Å². The SMILES string of the molecule is CCn1ccc(=O)n(CC2CCCCC2)c1=O. The van der Waals surface area contributed by atoms with Gasteiger partial charge in [0.2, 0.25) is 0 Å². The first-order valence-corrected chi connectivity index (χ1v) is 6.52. The quantitative estimate of drug-likeness (QED) is 0.800. The zero-order valence-electron chi connectivity index (χ0n) is 10.4. The predicted octanol–water partition coefficient (Wildman–Crippen LogP) is 1.61. The van der Waals surface area contributed by atoms with Crippen LogP contribution >= 0.6 is 0 Å². The van der Waals surface area contributed by atoms with Crippen molar-refractivity contribution in [3.63, 3.8) is 0 Å². The first kappa shape index (κ1) is 12.1. The van der Waals surface area contributed by atoms with Gasteiger partial charge in [-0.15, -0.1) is 0 Å². The molecule has 0 atom stereocenters. The topological polar surface area (TPSA) is 44.0 Å². The lowest BCUT2D eigenvalue weighted by molar-refractivity contribution is 0.308. The van der Waals surface area contributed by atoms with Gasteiger partial charge < -0.3 is 4.57 Å². The average molecular weight is 236 g/mol. The lowest BCUT2D eigenvalue weighted by Crippen LogP contribution is -2.40. The van der Waals surface area contributed by atoms with Crippen molar-refractivity contribution >= 4 is 0 Å². The van der Waals surface area contributed by atoms with Gasteiger partial charge in [0, 0.05) is 25.4 Å². The van der Waals surface area contributed by atoms with Gasteiger partial charge in [0.25, 0.3) is 5.56 Å². The molecule has 0 radical (unpaired) electrons. The average Bonchev–Trinajstić information content (AvgIpc) is 2.36. The Labute approximate surface area is 101 Å². The molecule has 1 fully saturated rings. The molecule has 0 aromatic carbocycles. The summed E-state index contributed by atoms with van der Waals surface area (Å²) in [5, 5.41) is 0. The van der Waals surface area contributed by atoms with Crippen molar-refractivity contribution < 1.29 is 0 Å². The van der Waals surface area contributed by atoms with Gasteiger partial charge in [0.15, 0.2) is 0 Å². The highest BCUT2D eigenvalue weighted by atomic mass is 16.2. The van der Waals surface area contributed by atoms with Crippen LogP contribution < -0.4 is 11.2 Å². The van der Waals surface area contributed by atoms with Crippen LogP contribution in [0.4, 0.5) is 0 Å². The Balaban J connectivity index is 2.25. The number of hydrogen-bond acceptors (Lipinski definition) is 2. The molecule has 1 aromatic rings. The Morgan fingerprint density at radius 3 is 2.59 bits per heavy atom. The Kier molecular flexibility index (Phi) is 3.82. The third-order valence-corrected chi connectivity index (χ3v) is 3.65. The third kappa shape index (κ3) is 2.68. The van der Waals surface area contributed by atoms with Gasteiger partial charge in [-0.3, -0.25) is 9.36 Å². The predicted molar refractivity (Wildman–Crippen MR) is 67.2 cm³/mol. The maximum atomic E-state index is 12.0. The molecule has 1 aliphatic rings. The second kappa shape index (κ2) is 5.34. The van der Waals surface area contributed by atoms with E-state index in [9.17, 15) is 9.59 Å². The second-order valence-corrected chi connectivity index (χ2v) is 4.84. The Bertz CT molecular complexity index is 481. The first-order valence-electron chi connectivity index (χ1n) is 6.52. The van der Waals surface area contributed by atoms with E-state index >= 15 is 0 Å². The van der Waals surface area contributed by atoms with Crippen LogP contribution in [-0.2, 0) is 13.1 Å². The van der Waals surface area contributed by atoms with Gasteiger partial charge in [-0.25, -0.2) is 4.79 Å². The summed E-state index contributed by atoms with van der Waals surface area (Å²) < 4.78 is 2.99. The van der Waals surface area contributed by atoms with E-state index in [0.717, 1.165) is 12.8 Å². The number of aryl methyl sites for hydroxylation is 1. The molecule has 0 N–H and O–H groups in total. The van der Waals surface area contributed by atoms with E-state index in [-0.39, 0.29) is 11.2 Å². The molecule has 1 aromatic heterocycles.